The fourth-order valence-corrected chi connectivity index (χ4v) is 3.00. The summed E-state index contributed by atoms with van der Waals surface area (Å²) in [4.78, 5) is 23.8. The largest absolute Gasteiger partial charge is 0.344 e. The molecular weight excluding hydrogens is 410 g/mol. The zero-order valence-electron chi connectivity index (χ0n) is 13.2. The number of halogens is 1. The molecule has 0 saturated heterocycles. The second-order valence-electron chi connectivity index (χ2n) is 5.29. The van der Waals surface area contributed by atoms with E-state index in [-0.39, 0.29) is 11.4 Å². The summed E-state index contributed by atoms with van der Waals surface area (Å²) in [6, 6.07) is 11.0. The van der Waals surface area contributed by atoms with E-state index >= 15 is 0 Å². The first-order valence-corrected chi connectivity index (χ1v) is 9.48. The highest BCUT2D eigenvalue weighted by molar-refractivity contribution is 9.10. The number of nitrogens with two attached hydrogens (primary N) is 1. The fourth-order valence-electron chi connectivity index (χ4n) is 2.01. The summed E-state index contributed by atoms with van der Waals surface area (Å²) in [7, 11) is -3.76. The molecule has 2 amide bonds. The number of amides is 2. The highest BCUT2D eigenvalue weighted by atomic mass is 79.9. The van der Waals surface area contributed by atoms with E-state index in [0.29, 0.717) is 11.3 Å². The Kier molecular flexibility index (Phi) is 5.93. The molecule has 0 heterocycles. The van der Waals surface area contributed by atoms with Crippen molar-refractivity contribution in [3.8, 4) is 0 Å². The minimum absolute atomic E-state index is 0.0222. The summed E-state index contributed by atoms with van der Waals surface area (Å²) >= 11 is 3.32. The molecule has 2 rings (SSSR count). The number of sulfonamides is 1. The van der Waals surface area contributed by atoms with Crippen LogP contribution in [0.3, 0.4) is 0 Å². The Balaban J connectivity index is 1.94. The van der Waals surface area contributed by atoms with E-state index in [1.54, 1.807) is 12.1 Å². The molecule has 0 aliphatic heterocycles. The van der Waals surface area contributed by atoms with Gasteiger partial charge in [0.25, 0.3) is 0 Å². The maximum Gasteiger partial charge on any atom is 0.313 e. The van der Waals surface area contributed by atoms with Gasteiger partial charge in [-0.2, -0.15) is 0 Å². The van der Waals surface area contributed by atoms with Crippen LogP contribution < -0.4 is 15.8 Å². The van der Waals surface area contributed by atoms with Crippen LogP contribution in [0.1, 0.15) is 11.1 Å². The zero-order chi connectivity index (χ0) is 18.6. The van der Waals surface area contributed by atoms with Crippen LogP contribution >= 0.6 is 15.9 Å². The van der Waals surface area contributed by atoms with Gasteiger partial charge in [0.1, 0.15) is 0 Å². The molecule has 2 aromatic carbocycles. The highest BCUT2D eigenvalue weighted by Crippen LogP contribution is 2.19. The Bertz CT molecular complexity index is 911. The monoisotopic (exact) mass is 425 g/mol. The standard InChI is InChI=1S/C16H16BrN3O4S/c1-10-8-12(17)4-7-14(10)20-16(22)15(21)19-9-11-2-5-13(6-3-11)25(18,23)24/h2-8H,9H2,1H3,(H,19,21)(H,20,22)(H2,18,23,24). The van der Waals surface area contributed by atoms with Crippen molar-refractivity contribution in [2.75, 3.05) is 5.32 Å². The minimum Gasteiger partial charge on any atom is -0.344 e. The van der Waals surface area contributed by atoms with E-state index in [0.717, 1.165) is 10.0 Å². The zero-order valence-corrected chi connectivity index (χ0v) is 15.6. The summed E-state index contributed by atoms with van der Waals surface area (Å²) < 4.78 is 23.2. The summed E-state index contributed by atoms with van der Waals surface area (Å²) in [5, 5.41) is 10.0. The Morgan fingerprint density at radius 1 is 1.08 bits per heavy atom. The number of benzene rings is 2. The quantitative estimate of drug-likeness (QED) is 0.645. The molecule has 0 aliphatic carbocycles. The van der Waals surface area contributed by atoms with E-state index in [2.05, 4.69) is 26.6 Å². The van der Waals surface area contributed by atoms with Gasteiger partial charge in [-0.25, -0.2) is 13.6 Å². The maximum absolute atomic E-state index is 11.9. The first-order chi connectivity index (χ1) is 11.7. The van der Waals surface area contributed by atoms with Gasteiger partial charge in [-0.05, 0) is 48.4 Å². The van der Waals surface area contributed by atoms with Crippen LogP contribution in [0.2, 0.25) is 0 Å². The average Bonchev–Trinajstić information content (AvgIpc) is 2.54. The van der Waals surface area contributed by atoms with Crippen LogP contribution in [0.15, 0.2) is 51.8 Å². The van der Waals surface area contributed by atoms with Crippen LogP contribution in [-0.4, -0.2) is 20.2 Å². The predicted octanol–water partition coefficient (Wildman–Crippen LogP) is 1.66. The molecule has 7 nitrogen and oxygen atoms in total. The van der Waals surface area contributed by atoms with E-state index in [9.17, 15) is 18.0 Å². The third-order valence-corrected chi connectivity index (χ3v) is 4.77. The lowest BCUT2D eigenvalue weighted by molar-refractivity contribution is -0.136. The van der Waals surface area contributed by atoms with Gasteiger partial charge in [0.05, 0.1) is 4.90 Å². The van der Waals surface area contributed by atoms with E-state index in [1.165, 1.54) is 24.3 Å². The van der Waals surface area contributed by atoms with Crippen LogP contribution in [-0.2, 0) is 26.2 Å². The van der Waals surface area contributed by atoms with Crippen LogP contribution in [0.5, 0.6) is 0 Å². The van der Waals surface area contributed by atoms with Crippen LogP contribution in [0.4, 0.5) is 5.69 Å². The Labute approximate surface area is 153 Å². The molecule has 0 aromatic heterocycles. The van der Waals surface area contributed by atoms with Gasteiger partial charge >= 0.3 is 11.8 Å². The number of hydrogen-bond acceptors (Lipinski definition) is 4. The number of nitrogens with one attached hydrogen (secondary N) is 2. The summed E-state index contributed by atoms with van der Waals surface area (Å²) in [5.41, 5.74) is 1.99. The van der Waals surface area contributed by atoms with Crippen LogP contribution in [0, 0.1) is 6.92 Å². The molecule has 4 N–H and O–H groups in total. The second kappa shape index (κ2) is 7.77. The van der Waals surface area contributed by atoms with Crippen molar-refractivity contribution in [1.82, 2.24) is 5.32 Å². The maximum atomic E-state index is 11.9. The molecule has 0 saturated carbocycles. The molecule has 9 heteroatoms. The third kappa shape index (κ3) is 5.38. The molecule has 0 unspecified atom stereocenters. The van der Waals surface area contributed by atoms with Crippen molar-refractivity contribution in [3.05, 3.63) is 58.1 Å². The summed E-state index contributed by atoms with van der Waals surface area (Å²) in [6.07, 6.45) is 0. The van der Waals surface area contributed by atoms with Gasteiger partial charge in [0, 0.05) is 16.7 Å². The molecular formula is C16H16BrN3O4S. The molecule has 0 fully saturated rings. The van der Waals surface area contributed by atoms with Gasteiger partial charge in [0.2, 0.25) is 10.0 Å². The van der Waals surface area contributed by atoms with Crippen molar-refractivity contribution >= 4 is 43.5 Å². The smallest absolute Gasteiger partial charge is 0.313 e. The van der Waals surface area contributed by atoms with Gasteiger partial charge in [-0.15, -0.1) is 0 Å². The number of carbonyl (C=O) groups is 2. The normalized spacial score (nSPS) is 11.0. The van der Waals surface area contributed by atoms with Crippen molar-refractivity contribution in [2.24, 2.45) is 5.14 Å². The molecule has 2 aromatic rings. The van der Waals surface area contributed by atoms with Gasteiger partial charge < -0.3 is 10.6 Å². The SMILES string of the molecule is Cc1cc(Br)ccc1NC(=O)C(=O)NCc1ccc(S(N)(=O)=O)cc1. The van der Waals surface area contributed by atoms with E-state index < -0.39 is 21.8 Å². The molecule has 25 heavy (non-hydrogen) atoms. The van der Waals surface area contributed by atoms with Crippen molar-refractivity contribution in [1.29, 1.82) is 0 Å². The Morgan fingerprint density at radius 3 is 2.28 bits per heavy atom. The number of rotatable bonds is 4. The summed E-state index contributed by atoms with van der Waals surface area (Å²) in [6.45, 7) is 1.89. The fraction of sp³-hybridized carbons (Fsp3) is 0.125. The van der Waals surface area contributed by atoms with Crippen molar-refractivity contribution in [2.45, 2.75) is 18.4 Å². The van der Waals surface area contributed by atoms with Crippen molar-refractivity contribution in [3.63, 3.8) is 0 Å². The number of anilines is 1. The van der Waals surface area contributed by atoms with Gasteiger partial charge in [0.15, 0.2) is 0 Å². The first kappa shape index (κ1) is 19.1. The van der Waals surface area contributed by atoms with E-state index in [1.807, 2.05) is 13.0 Å². The lowest BCUT2D eigenvalue weighted by atomic mass is 10.2. The first-order valence-electron chi connectivity index (χ1n) is 7.14. The number of primary sulfonamides is 1. The second-order valence-corrected chi connectivity index (χ2v) is 7.76. The lowest BCUT2D eigenvalue weighted by Gasteiger charge is -2.09. The van der Waals surface area contributed by atoms with Gasteiger partial charge in [-0.3, -0.25) is 9.59 Å². The van der Waals surface area contributed by atoms with Crippen molar-refractivity contribution < 1.29 is 18.0 Å². The molecule has 132 valence electrons. The van der Waals surface area contributed by atoms with Gasteiger partial charge in [-0.1, -0.05) is 28.1 Å². The third-order valence-electron chi connectivity index (χ3n) is 3.35. The highest BCUT2D eigenvalue weighted by Gasteiger charge is 2.14. The van der Waals surface area contributed by atoms with Crippen LogP contribution in [0.25, 0.3) is 0 Å². The predicted molar refractivity (Wildman–Crippen MR) is 97.2 cm³/mol. The molecule has 0 aliphatic rings. The number of hydrogen-bond donors (Lipinski definition) is 3. The Morgan fingerprint density at radius 2 is 1.72 bits per heavy atom. The number of carbonyl (C=O) groups excluding carboxylic acids is 2. The average molecular weight is 426 g/mol. The molecule has 0 atom stereocenters. The lowest BCUT2D eigenvalue weighted by Crippen LogP contribution is -2.35. The minimum atomic E-state index is -3.76. The molecule has 0 spiro atoms. The summed E-state index contributed by atoms with van der Waals surface area (Å²) in [5.74, 6) is -1.58. The molecule has 0 bridgehead atoms. The topological polar surface area (TPSA) is 118 Å². The Hall–Kier alpha value is -2.23. The van der Waals surface area contributed by atoms with E-state index in [4.69, 9.17) is 5.14 Å². The number of aryl methyl sites for hydroxylation is 1. The molecule has 0 radical (unpaired) electrons.